The summed E-state index contributed by atoms with van der Waals surface area (Å²) in [4.78, 5) is 35.3. The van der Waals surface area contributed by atoms with Gasteiger partial charge in [-0.25, -0.2) is 18.4 Å². The van der Waals surface area contributed by atoms with Crippen LogP contribution in [0.15, 0.2) is 42.5 Å². The predicted molar refractivity (Wildman–Crippen MR) is 102 cm³/mol. The van der Waals surface area contributed by atoms with Gasteiger partial charge in [-0.1, -0.05) is 12.1 Å². The van der Waals surface area contributed by atoms with Gasteiger partial charge < -0.3 is 20.7 Å². The van der Waals surface area contributed by atoms with Crippen molar-refractivity contribution in [2.45, 2.75) is 26.4 Å². The Kier molecular flexibility index (Phi) is 7.64. The quantitative estimate of drug-likeness (QED) is 0.617. The van der Waals surface area contributed by atoms with E-state index in [1.54, 1.807) is 12.1 Å². The first-order chi connectivity index (χ1) is 13.7. The number of carbonyl (C=O) groups is 3. The maximum absolute atomic E-state index is 13.1. The SMILES string of the molecule is CC(C)NC(=O)NCc1ccc(C(=O)OCC(=O)Nc2ccc(F)c(F)c2)cc1. The second-order valence-electron chi connectivity index (χ2n) is 6.43. The van der Waals surface area contributed by atoms with Crippen LogP contribution in [0.2, 0.25) is 0 Å². The molecule has 0 heterocycles. The average Bonchev–Trinajstić information content (AvgIpc) is 2.67. The molecule has 3 N–H and O–H groups in total. The Labute approximate surface area is 166 Å². The average molecular weight is 405 g/mol. The fourth-order valence-corrected chi connectivity index (χ4v) is 2.24. The van der Waals surface area contributed by atoms with Gasteiger partial charge in [0.15, 0.2) is 18.2 Å². The van der Waals surface area contributed by atoms with Crippen molar-refractivity contribution in [1.82, 2.24) is 10.6 Å². The highest BCUT2D eigenvalue weighted by Gasteiger charge is 2.12. The molecule has 0 atom stereocenters. The third-order valence-corrected chi connectivity index (χ3v) is 3.60. The third-order valence-electron chi connectivity index (χ3n) is 3.60. The standard InChI is InChI=1S/C20H21F2N3O4/c1-12(2)24-20(28)23-10-13-3-5-14(6-4-13)19(27)29-11-18(26)25-15-7-8-16(21)17(22)9-15/h3-9,12H,10-11H2,1-2H3,(H,25,26)(H2,23,24,28). The van der Waals surface area contributed by atoms with Gasteiger partial charge in [0.25, 0.3) is 5.91 Å². The highest BCUT2D eigenvalue weighted by molar-refractivity contribution is 5.95. The fraction of sp³-hybridized carbons (Fsp3) is 0.250. The summed E-state index contributed by atoms with van der Waals surface area (Å²) in [5, 5.41) is 7.67. The Bertz CT molecular complexity index is 886. The summed E-state index contributed by atoms with van der Waals surface area (Å²) in [6, 6.07) is 8.92. The minimum atomic E-state index is -1.10. The molecule has 2 aromatic rings. The molecule has 9 heteroatoms. The molecule has 0 spiro atoms. The fourth-order valence-electron chi connectivity index (χ4n) is 2.24. The van der Waals surface area contributed by atoms with Gasteiger partial charge in [-0.3, -0.25) is 4.79 Å². The van der Waals surface area contributed by atoms with Crippen molar-refractivity contribution in [3.63, 3.8) is 0 Å². The molecule has 0 saturated heterocycles. The van der Waals surface area contributed by atoms with Gasteiger partial charge in [0.05, 0.1) is 5.56 Å². The van der Waals surface area contributed by atoms with E-state index in [1.165, 1.54) is 18.2 Å². The Morgan fingerprint density at radius 1 is 1.00 bits per heavy atom. The Hall–Kier alpha value is -3.49. The zero-order valence-electron chi connectivity index (χ0n) is 15.9. The summed E-state index contributed by atoms with van der Waals surface area (Å²) in [5.41, 5.74) is 1.04. The highest BCUT2D eigenvalue weighted by atomic mass is 19.2. The molecule has 0 unspecified atom stereocenters. The van der Waals surface area contributed by atoms with Crippen molar-refractivity contribution in [3.8, 4) is 0 Å². The topological polar surface area (TPSA) is 96.5 Å². The predicted octanol–water partition coefficient (Wildman–Crippen LogP) is 2.97. The van der Waals surface area contributed by atoms with Gasteiger partial charge in [-0.2, -0.15) is 0 Å². The molecule has 0 aliphatic rings. The lowest BCUT2D eigenvalue weighted by atomic mass is 10.1. The van der Waals surface area contributed by atoms with Crippen molar-refractivity contribution in [1.29, 1.82) is 0 Å². The summed E-state index contributed by atoms with van der Waals surface area (Å²) >= 11 is 0. The number of urea groups is 1. The molecule has 2 rings (SSSR count). The van der Waals surface area contributed by atoms with E-state index in [1.807, 2.05) is 13.8 Å². The van der Waals surface area contributed by atoms with E-state index in [0.29, 0.717) is 0 Å². The number of anilines is 1. The van der Waals surface area contributed by atoms with E-state index in [0.717, 1.165) is 17.7 Å². The van der Waals surface area contributed by atoms with E-state index < -0.39 is 30.1 Å². The zero-order valence-corrected chi connectivity index (χ0v) is 15.9. The van der Waals surface area contributed by atoms with Gasteiger partial charge in [0, 0.05) is 24.3 Å². The number of halogens is 2. The molecule has 3 amide bonds. The van der Waals surface area contributed by atoms with Crippen molar-refractivity contribution in [2.24, 2.45) is 0 Å². The van der Waals surface area contributed by atoms with E-state index in [2.05, 4.69) is 16.0 Å². The molecule has 0 aliphatic heterocycles. The molecule has 29 heavy (non-hydrogen) atoms. The minimum absolute atomic E-state index is 0.0198. The smallest absolute Gasteiger partial charge is 0.338 e. The number of esters is 1. The monoisotopic (exact) mass is 405 g/mol. The Morgan fingerprint density at radius 3 is 2.31 bits per heavy atom. The summed E-state index contributed by atoms with van der Waals surface area (Å²) in [5.74, 6) is -3.55. The van der Waals surface area contributed by atoms with Crippen LogP contribution in [0.1, 0.15) is 29.8 Å². The molecule has 0 saturated carbocycles. The molecular weight excluding hydrogens is 384 g/mol. The molecule has 0 aliphatic carbocycles. The molecule has 7 nitrogen and oxygen atoms in total. The van der Waals surface area contributed by atoms with Crippen LogP contribution >= 0.6 is 0 Å². The van der Waals surface area contributed by atoms with E-state index >= 15 is 0 Å². The first kappa shape index (κ1) is 21.8. The van der Waals surface area contributed by atoms with Gasteiger partial charge in [-0.05, 0) is 43.7 Å². The van der Waals surface area contributed by atoms with Crippen molar-refractivity contribution >= 4 is 23.6 Å². The molecule has 0 radical (unpaired) electrons. The molecule has 0 aromatic heterocycles. The lowest BCUT2D eigenvalue weighted by Gasteiger charge is -2.10. The lowest BCUT2D eigenvalue weighted by molar-refractivity contribution is -0.119. The number of carbonyl (C=O) groups excluding carboxylic acids is 3. The Balaban J connectivity index is 1.80. The molecular formula is C20H21F2N3O4. The van der Waals surface area contributed by atoms with Crippen LogP contribution in [0.25, 0.3) is 0 Å². The number of ether oxygens (including phenoxy) is 1. The third kappa shape index (κ3) is 7.21. The number of hydrogen-bond donors (Lipinski definition) is 3. The normalized spacial score (nSPS) is 10.4. The number of amides is 3. The summed E-state index contributed by atoms with van der Waals surface area (Å²) < 4.78 is 30.9. The second-order valence-corrected chi connectivity index (χ2v) is 6.43. The molecule has 0 bridgehead atoms. The van der Waals surface area contributed by atoms with Crippen LogP contribution in [0.3, 0.4) is 0 Å². The molecule has 2 aromatic carbocycles. The molecule has 154 valence electrons. The lowest BCUT2D eigenvalue weighted by Crippen LogP contribution is -2.39. The van der Waals surface area contributed by atoms with Crippen LogP contribution in [0, 0.1) is 11.6 Å². The van der Waals surface area contributed by atoms with Crippen molar-refractivity contribution < 1.29 is 27.9 Å². The van der Waals surface area contributed by atoms with Gasteiger partial charge >= 0.3 is 12.0 Å². The van der Waals surface area contributed by atoms with Crippen LogP contribution in [0.4, 0.5) is 19.3 Å². The number of hydrogen-bond acceptors (Lipinski definition) is 4. The largest absolute Gasteiger partial charge is 0.452 e. The van der Waals surface area contributed by atoms with E-state index in [9.17, 15) is 23.2 Å². The van der Waals surface area contributed by atoms with Crippen LogP contribution < -0.4 is 16.0 Å². The first-order valence-corrected chi connectivity index (χ1v) is 8.80. The summed E-state index contributed by atoms with van der Waals surface area (Å²) in [6.07, 6.45) is 0. The highest BCUT2D eigenvalue weighted by Crippen LogP contribution is 2.13. The van der Waals surface area contributed by atoms with Gasteiger partial charge in [0.1, 0.15) is 0 Å². The number of benzene rings is 2. The summed E-state index contributed by atoms with van der Waals surface area (Å²) in [6.45, 7) is 3.39. The van der Waals surface area contributed by atoms with Crippen LogP contribution in [0.5, 0.6) is 0 Å². The van der Waals surface area contributed by atoms with Gasteiger partial charge in [-0.15, -0.1) is 0 Å². The van der Waals surface area contributed by atoms with E-state index in [4.69, 9.17) is 4.74 Å². The molecule has 0 fully saturated rings. The van der Waals surface area contributed by atoms with Gasteiger partial charge in [0.2, 0.25) is 0 Å². The summed E-state index contributed by atoms with van der Waals surface area (Å²) in [7, 11) is 0. The Morgan fingerprint density at radius 2 is 1.69 bits per heavy atom. The maximum Gasteiger partial charge on any atom is 0.338 e. The van der Waals surface area contributed by atoms with Crippen LogP contribution in [-0.2, 0) is 16.1 Å². The van der Waals surface area contributed by atoms with Crippen molar-refractivity contribution in [2.75, 3.05) is 11.9 Å². The maximum atomic E-state index is 13.1. The number of rotatable bonds is 7. The zero-order chi connectivity index (χ0) is 21.4. The number of nitrogens with one attached hydrogen (secondary N) is 3. The minimum Gasteiger partial charge on any atom is -0.452 e. The van der Waals surface area contributed by atoms with Crippen LogP contribution in [-0.4, -0.2) is 30.6 Å². The van der Waals surface area contributed by atoms with Crippen molar-refractivity contribution in [3.05, 3.63) is 65.2 Å². The first-order valence-electron chi connectivity index (χ1n) is 8.80. The van der Waals surface area contributed by atoms with E-state index in [-0.39, 0.29) is 29.9 Å². The second kappa shape index (κ2) is 10.2.